The molecule has 0 radical (unpaired) electrons. The highest BCUT2D eigenvalue weighted by atomic mass is 16.5. The van der Waals surface area contributed by atoms with Crippen molar-refractivity contribution in [3.8, 4) is 17.2 Å². The van der Waals surface area contributed by atoms with Gasteiger partial charge in [-0.2, -0.15) is 0 Å². The van der Waals surface area contributed by atoms with Gasteiger partial charge in [-0.25, -0.2) is 4.79 Å². The Labute approximate surface area is 235 Å². The first kappa shape index (κ1) is 29.0. The van der Waals surface area contributed by atoms with Crippen LogP contribution in [0.15, 0.2) is 48.0 Å². The molecule has 1 saturated heterocycles. The van der Waals surface area contributed by atoms with Crippen molar-refractivity contribution >= 4 is 23.9 Å². The Balaban J connectivity index is 1.30. The van der Waals surface area contributed by atoms with Gasteiger partial charge in [0.2, 0.25) is 5.91 Å². The van der Waals surface area contributed by atoms with E-state index in [1.54, 1.807) is 60.5 Å². The lowest BCUT2D eigenvalue weighted by atomic mass is 9.82. The molecule has 1 aliphatic carbocycles. The number of amides is 2. The molecule has 4 rings (SSSR count). The molecule has 2 aromatic carbocycles. The second kappa shape index (κ2) is 13.4. The predicted molar refractivity (Wildman–Crippen MR) is 151 cm³/mol. The molecule has 2 atom stereocenters. The topological polar surface area (TPSA) is 106 Å². The molecule has 214 valence electrons. The zero-order chi connectivity index (χ0) is 28.6. The van der Waals surface area contributed by atoms with Crippen LogP contribution in [0, 0.1) is 11.8 Å². The average molecular weight is 551 g/mol. The second-order valence-electron chi connectivity index (χ2n) is 10.4. The third kappa shape index (κ3) is 6.94. The number of benzene rings is 2. The zero-order valence-corrected chi connectivity index (χ0v) is 23.4. The van der Waals surface area contributed by atoms with Crippen LogP contribution in [0.4, 0.5) is 0 Å². The predicted octanol–water partition coefficient (Wildman–Crippen LogP) is 4.36. The van der Waals surface area contributed by atoms with Crippen molar-refractivity contribution in [1.82, 2.24) is 9.80 Å². The summed E-state index contributed by atoms with van der Waals surface area (Å²) in [6.07, 6.45) is 6.18. The van der Waals surface area contributed by atoms with Gasteiger partial charge in [-0.3, -0.25) is 9.59 Å². The Hall–Kier alpha value is -4.01. The van der Waals surface area contributed by atoms with E-state index in [1.807, 2.05) is 4.90 Å². The largest absolute Gasteiger partial charge is 0.493 e. The first-order valence-electron chi connectivity index (χ1n) is 13.7. The fraction of sp³-hybridized carbons (Fsp3) is 0.452. The maximum Gasteiger partial charge on any atom is 0.332 e. The second-order valence-corrected chi connectivity index (χ2v) is 10.4. The standard InChI is InChI=1S/C31H38N2O7/c1-32(30(35)26-9-6-10-27(38-2)29(26)39-3)15-16-40-25-13-11-21(12-14-25)17-24(31(36)37)18-28(34)33-19-22-7-4-5-8-23(22)20-33/h6,9-14,17,22-23H,4-5,7-8,15-16,18-20H2,1-3H3,(H,36,37)/b24-17+/t22-,23+. The number of likely N-dealkylation sites (N-methyl/N-ethyl adjacent to an activating group) is 1. The van der Waals surface area contributed by atoms with Crippen molar-refractivity contribution in [2.24, 2.45) is 11.8 Å². The van der Waals surface area contributed by atoms with Crippen LogP contribution in [0.3, 0.4) is 0 Å². The number of methoxy groups -OCH3 is 2. The Kier molecular flexibility index (Phi) is 9.69. The van der Waals surface area contributed by atoms with E-state index in [0.717, 1.165) is 25.9 Å². The maximum atomic E-state index is 12.9. The summed E-state index contributed by atoms with van der Waals surface area (Å²) in [6, 6.07) is 12.1. The molecule has 9 heteroatoms. The third-order valence-electron chi connectivity index (χ3n) is 7.84. The number of hydrogen-bond acceptors (Lipinski definition) is 6. The van der Waals surface area contributed by atoms with E-state index in [1.165, 1.54) is 27.1 Å². The van der Waals surface area contributed by atoms with Gasteiger partial charge in [-0.05, 0) is 60.6 Å². The summed E-state index contributed by atoms with van der Waals surface area (Å²) < 4.78 is 16.4. The molecular weight excluding hydrogens is 512 g/mol. The van der Waals surface area contributed by atoms with Gasteiger partial charge in [0.25, 0.3) is 5.91 Å². The van der Waals surface area contributed by atoms with Crippen LogP contribution < -0.4 is 14.2 Å². The molecule has 1 aliphatic heterocycles. The number of carbonyl (C=O) groups excluding carboxylic acids is 2. The smallest absolute Gasteiger partial charge is 0.332 e. The first-order chi connectivity index (χ1) is 19.3. The number of carboxylic acids is 1. The molecule has 1 heterocycles. The van der Waals surface area contributed by atoms with Gasteiger partial charge < -0.3 is 29.1 Å². The molecule has 2 fully saturated rings. The minimum atomic E-state index is -1.09. The van der Waals surface area contributed by atoms with Crippen LogP contribution in [-0.4, -0.2) is 80.2 Å². The van der Waals surface area contributed by atoms with Gasteiger partial charge >= 0.3 is 5.97 Å². The molecule has 0 aromatic heterocycles. The number of nitrogens with zero attached hydrogens (tertiary/aromatic N) is 2. The molecule has 0 bridgehead atoms. The number of carboxylic acid groups (broad SMARTS) is 1. The van der Waals surface area contributed by atoms with E-state index >= 15 is 0 Å². The molecule has 2 amide bonds. The van der Waals surface area contributed by atoms with Crippen molar-refractivity contribution in [3.63, 3.8) is 0 Å². The van der Waals surface area contributed by atoms with Crippen LogP contribution in [0.25, 0.3) is 6.08 Å². The Bertz CT molecular complexity index is 1230. The maximum absolute atomic E-state index is 12.9. The Morgan fingerprint density at radius 3 is 2.27 bits per heavy atom. The summed E-state index contributed by atoms with van der Waals surface area (Å²) in [6.45, 7) is 2.09. The van der Waals surface area contributed by atoms with Crippen molar-refractivity contribution in [1.29, 1.82) is 0 Å². The Morgan fingerprint density at radius 2 is 1.68 bits per heavy atom. The first-order valence-corrected chi connectivity index (χ1v) is 13.7. The molecule has 40 heavy (non-hydrogen) atoms. The van der Waals surface area contributed by atoms with E-state index in [9.17, 15) is 19.5 Å². The minimum absolute atomic E-state index is 0.0710. The molecule has 2 aromatic rings. The summed E-state index contributed by atoms with van der Waals surface area (Å²) in [5, 5.41) is 9.73. The summed E-state index contributed by atoms with van der Waals surface area (Å²) in [4.78, 5) is 41.1. The quantitative estimate of drug-likeness (QED) is 0.415. The minimum Gasteiger partial charge on any atom is -0.493 e. The van der Waals surface area contributed by atoms with E-state index in [4.69, 9.17) is 14.2 Å². The number of para-hydroxylation sites is 1. The number of carbonyl (C=O) groups is 3. The SMILES string of the molecule is COc1cccc(C(=O)N(C)CCOc2ccc(/C=C(\CC(=O)N3C[C@H]4CCCC[C@H]4C3)C(=O)O)cc2)c1OC. The zero-order valence-electron chi connectivity index (χ0n) is 23.4. The van der Waals surface area contributed by atoms with Crippen molar-refractivity contribution in [3.05, 3.63) is 59.2 Å². The molecular formula is C31H38N2O7. The van der Waals surface area contributed by atoms with Crippen LogP contribution >= 0.6 is 0 Å². The van der Waals surface area contributed by atoms with E-state index in [2.05, 4.69) is 0 Å². The summed E-state index contributed by atoms with van der Waals surface area (Å²) in [5.74, 6) is 1.14. The van der Waals surface area contributed by atoms with Crippen molar-refractivity contribution in [2.45, 2.75) is 32.1 Å². The number of likely N-dealkylation sites (tertiary alicyclic amines) is 1. The van der Waals surface area contributed by atoms with Gasteiger partial charge in [0.15, 0.2) is 11.5 Å². The number of ether oxygens (including phenoxy) is 3. The van der Waals surface area contributed by atoms with Crippen molar-refractivity contribution < 1.29 is 33.7 Å². The Morgan fingerprint density at radius 1 is 1.00 bits per heavy atom. The van der Waals surface area contributed by atoms with Crippen LogP contribution in [0.1, 0.15) is 48.0 Å². The highest BCUT2D eigenvalue weighted by Crippen LogP contribution is 2.36. The highest BCUT2D eigenvalue weighted by Gasteiger charge is 2.36. The molecule has 0 unspecified atom stereocenters. The van der Waals surface area contributed by atoms with Gasteiger partial charge in [0, 0.05) is 25.7 Å². The number of rotatable bonds is 11. The van der Waals surface area contributed by atoms with Crippen LogP contribution in [0.2, 0.25) is 0 Å². The summed E-state index contributed by atoms with van der Waals surface area (Å²) in [5.41, 5.74) is 1.14. The highest BCUT2D eigenvalue weighted by molar-refractivity contribution is 5.98. The van der Waals surface area contributed by atoms with Crippen molar-refractivity contribution in [2.75, 3.05) is 47.5 Å². The third-order valence-corrected chi connectivity index (χ3v) is 7.84. The lowest BCUT2D eigenvalue weighted by molar-refractivity contribution is -0.136. The van der Waals surface area contributed by atoms with E-state index in [-0.39, 0.29) is 30.4 Å². The van der Waals surface area contributed by atoms with E-state index in [0.29, 0.717) is 46.8 Å². The van der Waals surface area contributed by atoms with Gasteiger partial charge in [0.05, 0.1) is 32.7 Å². The number of hydrogen-bond donors (Lipinski definition) is 1. The molecule has 9 nitrogen and oxygen atoms in total. The summed E-state index contributed by atoms with van der Waals surface area (Å²) in [7, 11) is 4.70. The normalized spacial score (nSPS) is 18.6. The van der Waals surface area contributed by atoms with Gasteiger partial charge in [-0.1, -0.05) is 31.0 Å². The molecule has 1 N–H and O–H groups in total. The number of aliphatic carboxylic acids is 1. The lowest BCUT2D eigenvalue weighted by Gasteiger charge is -2.22. The van der Waals surface area contributed by atoms with E-state index < -0.39 is 5.97 Å². The van der Waals surface area contributed by atoms with Crippen LogP contribution in [-0.2, 0) is 9.59 Å². The molecule has 0 spiro atoms. The fourth-order valence-corrected chi connectivity index (χ4v) is 5.60. The summed E-state index contributed by atoms with van der Waals surface area (Å²) >= 11 is 0. The molecule has 1 saturated carbocycles. The van der Waals surface area contributed by atoms with Gasteiger partial charge in [-0.15, -0.1) is 0 Å². The number of fused-ring (bicyclic) bond motifs is 1. The lowest BCUT2D eigenvalue weighted by Crippen LogP contribution is -2.31. The molecule has 2 aliphatic rings. The van der Waals surface area contributed by atoms with Gasteiger partial charge in [0.1, 0.15) is 12.4 Å². The fourth-order valence-electron chi connectivity index (χ4n) is 5.60. The van der Waals surface area contributed by atoms with Crippen LogP contribution in [0.5, 0.6) is 17.2 Å². The average Bonchev–Trinajstić information content (AvgIpc) is 3.41. The monoisotopic (exact) mass is 550 g/mol.